The van der Waals surface area contributed by atoms with E-state index in [-0.39, 0.29) is 6.54 Å². The van der Waals surface area contributed by atoms with E-state index in [1.807, 2.05) is 18.2 Å². The Bertz CT molecular complexity index is 435. The molecule has 1 aromatic carbocycles. The molecule has 0 spiro atoms. The highest BCUT2D eigenvalue weighted by Crippen LogP contribution is 2.26. The Labute approximate surface area is 109 Å². The second-order valence-corrected chi connectivity index (χ2v) is 4.65. The van der Waals surface area contributed by atoms with Gasteiger partial charge in [0.05, 0.1) is 6.54 Å². The van der Waals surface area contributed by atoms with Crippen molar-refractivity contribution in [1.82, 2.24) is 5.32 Å². The van der Waals surface area contributed by atoms with Gasteiger partial charge in [0.25, 0.3) is 0 Å². The quantitative estimate of drug-likeness (QED) is 0.808. The molecule has 0 bridgehead atoms. The zero-order valence-corrected chi connectivity index (χ0v) is 10.4. The van der Waals surface area contributed by atoms with Crippen LogP contribution in [0.25, 0.3) is 0 Å². The van der Waals surface area contributed by atoms with Gasteiger partial charge in [-0.1, -0.05) is 18.2 Å². The number of aryl methyl sites for hydroxylation is 1. The van der Waals surface area contributed by atoms with Gasteiger partial charge in [0.2, 0.25) is 0 Å². The third-order valence-electron chi connectivity index (χ3n) is 3.16. The monoisotopic (exact) mass is 276 g/mol. The summed E-state index contributed by atoms with van der Waals surface area (Å²) < 4.78 is 49.5. The number of rotatable bonds is 5. The van der Waals surface area contributed by atoms with Crippen LogP contribution in [0.1, 0.15) is 17.5 Å². The molecule has 19 heavy (non-hydrogen) atoms. The normalized spacial score (nSPS) is 15.2. The minimum absolute atomic E-state index is 0.151. The number of hydrogen-bond acceptors (Lipinski definition) is 2. The third kappa shape index (κ3) is 3.37. The number of alkyl halides is 4. The van der Waals surface area contributed by atoms with Crippen LogP contribution in [0, 0.1) is 0 Å². The van der Waals surface area contributed by atoms with Crippen LogP contribution >= 0.6 is 0 Å². The molecule has 2 N–H and O–H groups in total. The smallest absolute Gasteiger partial charge is 0.319 e. The largest absolute Gasteiger partial charge is 0.385 e. The SMILES string of the molecule is FC(F)C(F)(F)CNCc1cccc2c1NCCC2. The van der Waals surface area contributed by atoms with Crippen molar-refractivity contribution >= 4 is 5.69 Å². The molecule has 0 radical (unpaired) electrons. The van der Waals surface area contributed by atoms with Crippen molar-refractivity contribution in [2.45, 2.75) is 31.7 Å². The topological polar surface area (TPSA) is 24.1 Å². The van der Waals surface area contributed by atoms with Gasteiger partial charge in [-0.3, -0.25) is 0 Å². The Kier molecular flexibility index (Phi) is 4.29. The van der Waals surface area contributed by atoms with Gasteiger partial charge in [0.1, 0.15) is 0 Å². The first-order chi connectivity index (χ1) is 9.00. The Balaban J connectivity index is 1.97. The van der Waals surface area contributed by atoms with E-state index >= 15 is 0 Å². The molecule has 0 aromatic heterocycles. The molecule has 2 nitrogen and oxygen atoms in total. The van der Waals surface area contributed by atoms with Crippen LogP contribution in [-0.2, 0) is 13.0 Å². The highest BCUT2D eigenvalue weighted by Gasteiger charge is 2.40. The summed E-state index contributed by atoms with van der Waals surface area (Å²) in [6.45, 7) is -0.0238. The van der Waals surface area contributed by atoms with Gasteiger partial charge in [-0.05, 0) is 24.0 Å². The summed E-state index contributed by atoms with van der Waals surface area (Å²) in [6.07, 6.45) is -1.65. The van der Waals surface area contributed by atoms with Crippen molar-refractivity contribution < 1.29 is 17.6 Å². The molecule has 0 amide bonds. The maximum atomic E-state index is 12.8. The second-order valence-electron chi connectivity index (χ2n) is 4.65. The zero-order valence-electron chi connectivity index (χ0n) is 10.4. The predicted molar refractivity (Wildman–Crippen MR) is 65.9 cm³/mol. The maximum Gasteiger partial charge on any atom is 0.319 e. The van der Waals surface area contributed by atoms with Crippen LogP contribution < -0.4 is 10.6 Å². The second kappa shape index (κ2) is 5.77. The average molecular weight is 276 g/mol. The first-order valence-electron chi connectivity index (χ1n) is 6.22. The molecule has 106 valence electrons. The lowest BCUT2D eigenvalue weighted by Gasteiger charge is -2.22. The summed E-state index contributed by atoms with van der Waals surface area (Å²) in [4.78, 5) is 0. The van der Waals surface area contributed by atoms with E-state index < -0.39 is 18.9 Å². The van der Waals surface area contributed by atoms with Crippen LogP contribution in [0.3, 0.4) is 0 Å². The first-order valence-corrected chi connectivity index (χ1v) is 6.22. The molecule has 0 atom stereocenters. The van der Waals surface area contributed by atoms with Crippen LogP contribution in [-0.4, -0.2) is 25.4 Å². The van der Waals surface area contributed by atoms with E-state index in [0.717, 1.165) is 36.2 Å². The number of para-hydroxylation sites is 1. The molecule has 2 rings (SSSR count). The van der Waals surface area contributed by atoms with Crippen LogP contribution in [0.4, 0.5) is 23.2 Å². The molecule has 1 heterocycles. The van der Waals surface area contributed by atoms with Gasteiger partial charge in [0, 0.05) is 18.8 Å². The van der Waals surface area contributed by atoms with Gasteiger partial charge in [-0.15, -0.1) is 0 Å². The molecule has 6 heteroatoms. The zero-order chi connectivity index (χ0) is 13.9. The molecular weight excluding hydrogens is 260 g/mol. The number of hydrogen-bond donors (Lipinski definition) is 2. The summed E-state index contributed by atoms with van der Waals surface area (Å²) in [5, 5.41) is 5.63. The summed E-state index contributed by atoms with van der Waals surface area (Å²) in [6, 6.07) is 5.65. The molecular formula is C13H16F4N2. The molecule has 1 aliphatic heterocycles. The van der Waals surface area contributed by atoms with Crippen LogP contribution in [0.2, 0.25) is 0 Å². The lowest BCUT2D eigenvalue weighted by molar-refractivity contribution is -0.125. The Morgan fingerprint density at radius 3 is 2.84 bits per heavy atom. The highest BCUT2D eigenvalue weighted by atomic mass is 19.3. The van der Waals surface area contributed by atoms with Crippen LogP contribution in [0.15, 0.2) is 18.2 Å². The Morgan fingerprint density at radius 1 is 1.32 bits per heavy atom. The summed E-state index contributed by atoms with van der Waals surface area (Å²) in [5.74, 6) is -3.98. The van der Waals surface area contributed by atoms with Crippen molar-refractivity contribution in [2.75, 3.05) is 18.4 Å². The third-order valence-corrected chi connectivity index (χ3v) is 3.16. The summed E-state index contributed by atoms with van der Waals surface area (Å²) in [5.41, 5.74) is 2.93. The van der Waals surface area contributed by atoms with Crippen molar-refractivity contribution in [3.8, 4) is 0 Å². The fourth-order valence-corrected chi connectivity index (χ4v) is 2.17. The van der Waals surface area contributed by atoms with Gasteiger partial charge in [0.15, 0.2) is 0 Å². The molecule has 1 aliphatic rings. The molecule has 0 fully saturated rings. The van der Waals surface area contributed by atoms with Crippen molar-refractivity contribution in [2.24, 2.45) is 0 Å². The van der Waals surface area contributed by atoms with E-state index in [1.165, 1.54) is 0 Å². The molecule has 0 unspecified atom stereocenters. The maximum absolute atomic E-state index is 12.8. The van der Waals surface area contributed by atoms with E-state index in [2.05, 4.69) is 10.6 Å². The molecule has 0 saturated carbocycles. The van der Waals surface area contributed by atoms with E-state index in [4.69, 9.17) is 0 Å². The van der Waals surface area contributed by atoms with Gasteiger partial charge in [-0.2, -0.15) is 8.78 Å². The lowest BCUT2D eigenvalue weighted by atomic mass is 9.99. The van der Waals surface area contributed by atoms with Crippen molar-refractivity contribution in [1.29, 1.82) is 0 Å². The Morgan fingerprint density at radius 2 is 2.11 bits per heavy atom. The van der Waals surface area contributed by atoms with Crippen molar-refractivity contribution in [3.05, 3.63) is 29.3 Å². The fourth-order valence-electron chi connectivity index (χ4n) is 2.17. The minimum Gasteiger partial charge on any atom is -0.385 e. The molecule has 1 aromatic rings. The standard InChI is InChI=1S/C13H16F4N2/c14-12(15)13(16,17)8-18-7-10-4-1-3-9-5-2-6-19-11(9)10/h1,3-4,12,18-19H,2,5-8H2. The molecule has 0 aliphatic carbocycles. The van der Waals surface area contributed by atoms with E-state index in [1.54, 1.807) is 0 Å². The molecule has 0 saturated heterocycles. The predicted octanol–water partition coefficient (Wildman–Crippen LogP) is 3.03. The van der Waals surface area contributed by atoms with E-state index in [9.17, 15) is 17.6 Å². The van der Waals surface area contributed by atoms with Crippen LogP contribution in [0.5, 0.6) is 0 Å². The number of nitrogens with one attached hydrogen (secondary N) is 2. The van der Waals surface area contributed by atoms with Gasteiger partial charge in [-0.25, -0.2) is 8.78 Å². The summed E-state index contributed by atoms with van der Waals surface area (Å²) in [7, 11) is 0. The Hall–Kier alpha value is -1.30. The van der Waals surface area contributed by atoms with Gasteiger partial charge < -0.3 is 10.6 Å². The summed E-state index contributed by atoms with van der Waals surface area (Å²) >= 11 is 0. The lowest BCUT2D eigenvalue weighted by Crippen LogP contribution is -2.38. The fraction of sp³-hybridized carbons (Fsp3) is 0.538. The highest BCUT2D eigenvalue weighted by molar-refractivity contribution is 5.59. The number of benzene rings is 1. The number of halogens is 4. The van der Waals surface area contributed by atoms with E-state index in [0.29, 0.717) is 0 Å². The van der Waals surface area contributed by atoms with Crippen molar-refractivity contribution in [3.63, 3.8) is 0 Å². The number of anilines is 1. The first kappa shape index (κ1) is 14.1. The number of fused-ring (bicyclic) bond motifs is 1. The average Bonchev–Trinajstić information content (AvgIpc) is 2.38. The van der Waals surface area contributed by atoms with Gasteiger partial charge >= 0.3 is 12.3 Å². The minimum atomic E-state index is -3.98.